The normalized spacial score (nSPS) is 10.9. The summed E-state index contributed by atoms with van der Waals surface area (Å²) in [5.74, 6) is 0.203. The van der Waals surface area contributed by atoms with E-state index in [4.69, 9.17) is 4.74 Å². The molecular weight excluding hydrogens is 338 g/mol. The van der Waals surface area contributed by atoms with Crippen molar-refractivity contribution >= 4 is 17.1 Å². The van der Waals surface area contributed by atoms with Crippen molar-refractivity contribution in [2.75, 3.05) is 7.11 Å². The molecule has 0 aliphatic rings. The minimum atomic E-state index is -0.589. The zero-order chi connectivity index (χ0) is 18.8. The first-order chi connectivity index (χ1) is 12.4. The summed E-state index contributed by atoms with van der Waals surface area (Å²) in [6.07, 6.45) is 1.46. The average molecular weight is 357 g/mol. The van der Waals surface area contributed by atoms with Crippen molar-refractivity contribution in [3.05, 3.63) is 57.0 Å². The van der Waals surface area contributed by atoms with Crippen molar-refractivity contribution in [2.24, 2.45) is 14.1 Å². The van der Waals surface area contributed by atoms with Gasteiger partial charge in [-0.25, -0.2) is 14.3 Å². The maximum absolute atomic E-state index is 12.6. The highest BCUT2D eigenvalue weighted by Gasteiger charge is 2.17. The fourth-order valence-electron chi connectivity index (χ4n) is 2.78. The van der Waals surface area contributed by atoms with E-state index in [1.165, 1.54) is 22.5 Å². The lowest BCUT2D eigenvalue weighted by Gasteiger charge is -2.11. The highest BCUT2D eigenvalue weighted by molar-refractivity contribution is 5.76. The van der Waals surface area contributed by atoms with Gasteiger partial charge in [0.15, 0.2) is 11.2 Å². The van der Waals surface area contributed by atoms with E-state index in [0.29, 0.717) is 5.75 Å². The predicted octanol–water partition coefficient (Wildman–Crippen LogP) is -0.241. The number of imidazole rings is 1. The maximum Gasteiger partial charge on any atom is 0.332 e. The Labute approximate surface area is 148 Å². The van der Waals surface area contributed by atoms with Gasteiger partial charge in [0.05, 0.1) is 13.4 Å². The molecule has 1 amide bonds. The molecular formula is C17H19N5O4. The second-order valence-electron chi connectivity index (χ2n) is 5.85. The zero-order valence-electron chi connectivity index (χ0n) is 14.7. The smallest absolute Gasteiger partial charge is 0.332 e. The van der Waals surface area contributed by atoms with E-state index in [0.717, 1.165) is 10.1 Å². The first kappa shape index (κ1) is 17.5. The molecule has 0 saturated heterocycles. The molecule has 2 heterocycles. The fourth-order valence-corrected chi connectivity index (χ4v) is 2.78. The number of fused-ring (bicyclic) bond motifs is 1. The van der Waals surface area contributed by atoms with Gasteiger partial charge in [-0.15, -0.1) is 0 Å². The van der Waals surface area contributed by atoms with Crippen LogP contribution in [0.3, 0.4) is 0 Å². The zero-order valence-corrected chi connectivity index (χ0v) is 14.7. The molecule has 0 saturated carbocycles. The average Bonchev–Trinajstić information content (AvgIpc) is 3.03. The molecule has 9 heteroatoms. The second-order valence-corrected chi connectivity index (χ2v) is 5.85. The summed E-state index contributed by atoms with van der Waals surface area (Å²) in [7, 11) is 4.72. The molecule has 0 fully saturated rings. The second kappa shape index (κ2) is 6.87. The van der Waals surface area contributed by atoms with Crippen LogP contribution in [-0.4, -0.2) is 31.7 Å². The van der Waals surface area contributed by atoms with Crippen LogP contribution in [0.1, 0.15) is 5.56 Å². The number of ether oxygens (including phenoxy) is 1. The van der Waals surface area contributed by atoms with Crippen LogP contribution in [0.2, 0.25) is 0 Å². The first-order valence-electron chi connectivity index (χ1n) is 7.93. The van der Waals surface area contributed by atoms with E-state index in [-0.39, 0.29) is 24.3 Å². The first-order valence-corrected chi connectivity index (χ1v) is 7.93. The third-order valence-corrected chi connectivity index (χ3v) is 4.17. The molecule has 0 unspecified atom stereocenters. The molecule has 1 aromatic carbocycles. The van der Waals surface area contributed by atoms with E-state index in [2.05, 4.69) is 10.3 Å². The quantitative estimate of drug-likeness (QED) is 0.679. The lowest BCUT2D eigenvalue weighted by Crippen LogP contribution is -2.43. The van der Waals surface area contributed by atoms with Crippen LogP contribution in [0, 0.1) is 0 Å². The van der Waals surface area contributed by atoms with Gasteiger partial charge >= 0.3 is 5.69 Å². The van der Waals surface area contributed by atoms with Crippen LogP contribution in [0.4, 0.5) is 0 Å². The topological polar surface area (TPSA) is 100 Å². The Bertz CT molecular complexity index is 1090. The van der Waals surface area contributed by atoms with Gasteiger partial charge in [0.1, 0.15) is 12.3 Å². The Morgan fingerprint density at radius 2 is 1.96 bits per heavy atom. The van der Waals surface area contributed by atoms with Gasteiger partial charge in [-0.05, 0) is 6.07 Å². The molecule has 0 radical (unpaired) electrons. The van der Waals surface area contributed by atoms with Crippen molar-refractivity contribution in [3.63, 3.8) is 0 Å². The standard InChI is InChI=1S/C17H19N5O4/c1-20-10-19-15-14(20)16(24)22(17(25)21(15)2)9-13(23)18-8-11-6-4-5-7-12(11)26-3/h4-7,10H,8-9H2,1-3H3,(H,18,23). The van der Waals surface area contributed by atoms with Crippen molar-refractivity contribution in [1.29, 1.82) is 0 Å². The largest absolute Gasteiger partial charge is 0.496 e. The number of hydrogen-bond donors (Lipinski definition) is 1. The summed E-state index contributed by atoms with van der Waals surface area (Å²) in [5.41, 5.74) is 0.215. The number of hydrogen-bond acceptors (Lipinski definition) is 5. The molecule has 1 N–H and O–H groups in total. The van der Waals surface area contributed by atoms with Crippen molar-refractivity contribution < 1.29 is 9.53 Å². The summed E-state index contributed by atoms with van der Waals surface area (Å²) in [6.45, 7) is -0.145. The van der Waals surface area contributed by atoms with Crippen molar-refractivity contribution in [2.45, 2.75) is 13.1 Å². The summed E-state index contributed by atoms with van der Waals surface area (Å²) < 4.78 is 8.92. The molecule has 3 aromatic rings. The van der Waals surface area contributed by atoms with E-state index in [9.17, 15) is 14.4 Å². The van der Waals surface area contributed by atoms with Crippen LogP contribution >= 0.6 is 0 Å². The number of para-hydroxylation sites is 1. The fraction of sp³-hybridized carbons (Fsp3) is 0.294. The number of benzene rings is 1. The number of carbonyl (C=O) groups excluding carboxylic acids is 1. The van der Waals surface area contributed by atoms with Crippen molar-refractivity contribution in [3.8, 4) is 5.75 Å². The number of rotatable bonds is 5. The van der Waals surface area contributed by atoms with Crippen LogP contribution in [0.25, 0.3) is 11.2 Å². The molecule has 136 valence electrons. The molecule has 0 aliphatic carbocycles. The van der Waals surface area contributed by atoms with Crippen molar-refractivity contribution in [1.82, 2.24) is 24.0 Å². The van der Waals surface area contributed by atoms with Crippen LogP contribution < -0.4 is 21.3 Å². The van der Waals surface area contributed by atoms with Gasteiger partial charge < -0.3 is 14.6 Å². The Balaban J connectivity index is 1.85. The molecule has 26 heavy (non-hydrogen) atoms. The molecule has 0 atom stereocenters. The number of nitrogens with one attached hydrogen (secondary N) is 1. The monoisotopic (exact) mass is 357 g/mol. The summed E-state index contributed by atoms with van der Waals surface area (Å²) in [6, 6.07) is 7.28. The van der Waals surface area contributed by atoms with Gasteiger partial charge in [0.25, 0.3) is 5.56 Å². The molecule has 0 bridgehead atoms. The molecule has 3 rings (SSSR count). The highest BCUT2D eigenvalue weighted by atomic mass is 16.5. The van der Waals surface area contributed by atoms with E-state index >= 15 is 0 Å². The van der Waals surface area contributed by atoms with Gasteiger partial charge in [-0.3, -0.25) is 14.2 Å². The van der Waals surface area contributed by atoms with Crippen LogP contribution in [-0.2, 0) is 32.0 Å². The molecule has 0 spiro atoms. The third kappa shape index (κ3) is 2.99. The molecule has 0 aliphatic heterocycles. The Hall–Kier alpha value is -3.36. The Kier molecular flexibility index (Phi) is 4.61. The number of aromatic nitrogens is 4. The summed E-state index contributed by atoms with van der Waals surface area (Å²) in [5, 5.41) is 2.70. The number of methoxy groups -OCH3 is 1. The van der Waals surface area contributed by atoms with Gasteiger partial charge in [0, 0.05) is 26.2 Å². The van der Waals surface area contributed by atoms with E-state index in [1.807, 2.05) is 18.2 Å². The number of aryl methyl sites for hydroxylation is 2. The third-order valence-electron chi connectivity index (χ3n) is 4.17. The van der Waals surface area contributed by atoms with Gasteiger partial charge in [-0.2, -0.15) is 0 Å². The number of nitrogens with zero attached hydrogens (tertiary/aromatic N) is 4. The lowest BCUT2D eigenvalue weighted by molar-refractivity contribution is -0.121. The molecule has 9 nitrogen and oxygen atoms in total. The van der Waals surface area contributed by atoms with E-state index < -0.39 is 17.2 Å². The van der Waals surface area contributed by atoms with Crippen LogP contribution in [0.5, 0.6) is 5.75 Å². The maximum atomic E-state index is 12.6. The van der Waals surface area contributed by atoms with Crippen LogP contribution in [0.15, 0.2) is 40.2 Å². The minimum absolute atomic E-state index is 0.228. The SMILES string of the molecule is COc1ccccc1CNC(=O)Cn1c(=O)c2c(ncn2C)n(C)c1=O. The summed E-state index contributed by atoms with van der Waals surface area (Å²) in [4.78, 5) is 41.3. The molecule has 2 aromatic heterocycles. The predicted molar refractivity (Wildman–Crippen MR) is 95.1 cm³/mol. The Morgan fingerprint density at radius 3 is 2.69 bits per heavy atom. The lowest BCUT2D eigenvalue weighted by atomic mass is 10.2. The summed E-state index contributed by atoms with van der Waals surface area (Å²) >= 11 is 0. The number of amides is 1. The van der Waals surface area contributed by atoms with E-state index in [1.54, 1.807) is 20.2 Å². The number of carbonyl (C=O) groups is 1. The highest BCUT2D eigenvalue weighted by Crippen LogP contribution is 2.16. The van der Waals surface area contributed by atoms with Gasteiger partial charge in [0.2, 0.25) is 5.91 Å². The van der Waals surface area contributed by atoms with Gasteiger partial charge in [-0.1, -0.05) is 18.2 Å². The minimum Gasteiger partial charge on any atom is -0.496 e. The Morgan fingerprint density at radius 1 is 1.23 bits per heavy atom.